The highest BCUT2D eigenvalue weighted by atomic mass is 19.2. The maximum absolute atomic E-state index is 13.2. The van der Waals surface area contributed by atoms with Gasteiger partial charge >= 0.3 is 0 Å². The van der Waals surface area contributed by atoms with Gasteiger partial charge in [0.1, 0.15) is 11.6 Å². The van der Waals surface area contributed by atoms with Crippen LogP contribution in [0.25, 0.3) is 22.3 Å². The number of nitrogens with zero attached hydrogens (tertiary/aromatic N) is 2. The second-order valence-corrected chi connectivity index (χ2v) is 4.35. The maximum atomic E-state index is 13.2. The number of nitrogen functional groups attached to an aromatic ring is 1. The molecule has 0 atom stereocenters. The summed E-state index contributed by atoms with van der Waals surface area (Å²) >= 11 is 0. The lowest BCUT2D eigenvalue weighted by Gasteiger charge is -2.06. The van der Waals surface area contributed by atoms with E-state index in [4.69, 9.17) is 5.73 Å². The minimum Gasteiger partial charge on any atom is -0.383 e. The molecule has 0 fully saturated rings. The van der Waals surface area contributed by atoms with Gasteiger partial charge in [0, 0.05) is 10.9 Å². The van der Waals surface area contributed by atoms with Crippen LogP contribution in [0.5, 0.6) is 0 Å². The van der Waals surface area contributed by atoms with Crippen molar-refractivity contribution in [2.75, 3.05) is 5.73 Å². The quantitative estimate of drug-likeness (QED) is 0.552. The minimum atomic E-state index is -1.57. The molecule has 0 aliphatic rings. The van der Waals surface area contributed by atoms with E-state index in [0.717, 1.165) is 18.2 Å². The summed E-state index contributed by atoms with van der Waals surface area (Å²) in [4.78, 5) is 7.91. The average Bonchev–Trinajstić information content (AvgIpc) is 2.44. The first-order valence-electron chi connectivity index (χ1n) is 5.83. The van der Waals surface area contributed by atoms with Crippen molar-refractivity contribution in [1.29, 1.82) is 0 Å². The van der Waals surface area contributed by atoms with Crippen molar-refractivity contribution < 1.29 is 17.6 Å². The molecule has 0 bridgehead atoms. The summed E-state index contributed by atoms with van der Waals surface area (Å²) in [5, 5.41) is 0.279. The number of hydrogen-bond acceptors (Lipinski definition) is 3. The Labute approximate surface area is 116 Å². The van der Waals surface area contributed by atoms with E-state index in [2.05, 4.69) is 9.97 Å². The van der Waals surface area contributed by atoms with Crippen LogP contribution in [-0.2, 0) is 0 Å². The fourth-order valence-electron chi connectivity index (χ4n) is 1.94. The Morgan fingerprint density at radius 3 is 2.19 bits per heavy atom. The number of anilines is 1. The first-order valence-corrected chi connectivity index (χ1v) is 5.83. The van der Waals surface area contributed by atoms with Crippen LogP contribution in [0.1, 0.15) is 0 Å². The summed E-state index contributed by atoms with van der Waals surface area (Å²) < 4.78 is 52.6. The Kier molecular flexibility index (Phi) is 2.97. The van der Waals surface area contributed by atoms with Gasteiger partial charge in [0.2, 0.25) is 0 Å². The van der Waals surface area contributed by atoms with Crippen LogP contribution in [0.15, 0.2) is 30.3 Å². The molecule has 0 aliphatic carbocycles. The third-order valence-electron chi connectivity index (χ3n) is 2.93. The molecule has 3 rings (SSSR count). The molecule has 0 aliphatic heterocycles. The molecule has 1 aromatic heterocycles. The molecular formula is C14H7F4N3. The highest BCUT2D eigenvalue weighted by molar-refractivity contribution is 5.89. The SMILES string of the molecule is Nc1nc(-c2cc(F)c(F)c(F)c2)nc2ccc(F)cc12. The summed E-state index contributed by atoms with van der Waals surface area (Å²) in [6.45, 7) is 0. The van der Waals surface area contributed by atoms with E-state index < -0.39 is 23.3 Å². The molecule has 7 heteroatoms. The summed E-state index contributed by atoms with van der Waals surface area (Å²) in [6.07, 6.45) is 0. The maximum Gasteiger partial charge on any atom is 0.194 e. The minimum absolute atomic E-state index is 0.0420. The molecule has 0 saturated carbocycles. The Balaban J connectivity index is 2.24. The molecule has 3 aromatic rings. The summed E-state index contributed by atoms with van der Waals surface area (Å²) in [5.41, 5.74) is 5.93. The zero-order valence-electron chi connectivity index (χ0n) is 10.4. The van der Waals surface area contributed by atoms with E-state index in [0.29, 0.717) is 5.52 Å². The summed E-state index contributed by atoms with van der Waals surface area (Å²) in [7, 11) is 0. The lowest BCUT2D eigenvalue weighted by Crippen LogP contribution is -2.00. The highest BCUT2D eigenvalue weighted by Gasteiger charge is 2.14. The van der Waals surface area contributed by atoms with Gasteiger partial charge in [-0.3, -0.25) is 0 Å². The predicted molar refractivity (Wildman–Crippen MR) is 69.2 cm³/mol. The van der Waals surface area contributed by atoms with Gasteiger partial charge in [-0.2, -0.15) is 0 Å². The van der Waals surface area contributed by atoms with Crippen molar-refractivity contribution in [3.8, 4) is 11.4 Å². The van der Waals surface area contributed by atoms with E-state index in [-0.39, 0.29) is 22.6 Å². The predicted octanol–water partition coefficient (Wildman–Crippen LogP) is 3.44. The fourth-order valence-corrected chi connectivity index (χ4v) is 1.94. The molecule has 0 saturated heterocycles. The molecule has 0 unspecified atom stereocenters. The van der Waals surface area contributed by atoms with Crippen molar-refractivity contribution >= 4 is 16.7 Å². The first kappa shape index (κ1) is 13.3. The molecular weight excluding hydrogens is 286 g/mol. The van der Waals surface area contributed by atoms with E-state index in [1.807, 2.05) is 0 Å². The van der Waals surface area contributed by atoms with Crippen LogP contribution in [-0.4, -0.2) is 9.97 Å². The standard InChI is InChI=1S/C14H7F4N3/c15-7-1-2-11-8(5-7)13(19)21-14(20-11)6-3-9(16)12(18)10(17)4-6/h1-5H,(H2,19,20,21). The number of halogens is 4. The Morgan fingerprint density at radius 1 is 0.857 bits per heavy atom. The van der Waals surface area contributed by atoms with Crippen LogP contribution < -0.4 is 5.73 Å². The van der Waals surface area contributed by atoms with Gasteiger partial charge in [-0.25, -0.2) is 27.5 Å². The van der Waals surface area contributed by atoms with Gasteiger partial charge in [0.15, 0.2) is 23.3 Å². The van der Waals surface area contributed by atoms with Crippen LogP contribution in [0, 0.1) is 23.3 Å². The van der Waals surface area contributed by atoms with Crippen LogP contribution >= 0.6 is 0 Å². The fraction of sp³-hybridized carbons (Fsp3) is 0. The van der Waals surface area contributed by atoms with Crippen molar-refractivity contribution in [2.24, 2.45) is 0 Å². The average molecular weight is 293 g/mol. The monoisotopic (exact) mass is 293 g/mol. The number of hydrogen-bond donors (Lipinski definition) is 1. The second kappa shape index (κ2) is 4.69. The molecule has 0 spiro atoms. The zero-order chi connectivity index (χ0) is 15.1. The van der Waals surface area contributed by atoms with Crippen LogP contribution in [0.3, 0.4) is 0 Å². The summed E-state index contributed by atoms with van der Waals surface area (Å²) in [6, 6.07) is 5.22. The number of fused-ring (bicyclic) bond motifs is 1. The summed E-state index contributed by atoms with van der Waals surface area (Å²) in [5.74, 6) is -4.92. The number of rotatable bonds is 1. The van der Waals surface area contributed by atoms with Gasteiger partial charge in [-0.05, 0) is 30.3 Å². The number of benzene rings is 2. The van der Waals surface area contributed by atoms with Crippen LogP contribution in [0.2, 0.25) is 0 Å². The van der Waals surface area contributed by atoms with E-state index >= 15 is 0 Å². The van der Waals surface area contributed by atoms with Gasteiger partial charge in [0.25, 0.3) is 0 Å². The molecule has 2 N–H and O–H groups in total. The Morgan fingerprint density at radius 2 is 1.52 bits per heavy atom. The van der Waals surface area contributed by atoms with Gasteiger partial charge < -0.3 is 5.73 Å². The van der Waals surface area contributed by atoms with Crippen molar-refractivity contribution in [3.05, 3.63) is 53.6 Å². The smallest absolute Gasteiger partial charge is 0.194 e. The first-order chi connectivity index (χ1) is 9.95. The molecule has 0 amide bonds. The lowest BCUT2D eigenvalue weighted by atomic mass is 10.1. The van der Waals surface area contributed by atoms with Gasteiger partial charge in [-0.1, -0.05) is 0 Å². The Bertz CT molecular complexity index is 841. The van der Waals surface area contributed by atoms with Gasteiger partial charge in [0.05, 0.1) is 5.52 Å². The topological polar surface area (TPSA) is 51.8 Å². The van der Waals surface area contributed by atoms with Gasteiger partial charge in [-0.15, -0.1) is 0 Å². The highest BCUT2D eigenvalue weighted by Crippen LogP contribution is 2.25. The third-order valence-corrected chi connectivity index (χ3v) is 2.93. The molecule has 2 aromatic carbocycles. The molecule has 3 nitrogen and oxygen atoms in total. The largest absolute Gasteiger partial charge is 0.383 e. The molecule has 0 radical (unpaired) electrons. The third kappa shape index (κ3) is 2.26. The van der Waals surface area contributed by atoms with Crippen molar-refractivity contribution in [2.45, 2.75) is 0 Å². The van der Waals surface area contributed by atoms with E-state index in [1.54, 1.807) is 0 Å². The normalized spacial score (nSPS) is 11.0. The molecule has 1 heterocycles. The van der Waals surface area contributed by atoms with Crippen molar-refractivity contribution in [1.82, 2.24) is 9.97 Å². The van der Waals surface area contributed by atoms with Crippen LogP contribution in [0.4, 0.5) is 23.4 Å². The van der Waals surface area contributed by atoms with E-state index in [9.17, 15) is 17.6 Å². The molecule has 106 valence electrons. The second-order valence-electron chi connectivity index (χ2n) is 4.35. The van der Waals surface area contributed by atoms with E-state index in [1.165, 1.54) is 12.1 Å². The number of nitrogens with two attached hydrogens (primary N) is 1. The zero-order valence-corrected chi connectivity index (χ0v) is 10.4. The van der Waals surface area contributed by atoms with Crippen molar-refractivity contribution in [3.63, 3.8) is 0 Å². The lowest BCUT2D eigenvalue weighted by molar-refractivity contribution is 0.447. The Hall–Kier alpha value is -2.70. The number of aromatic nitrogens is 2. The molecule has 21 heavy (non-hydrogen) atoms.